The zero-order valence-corrected chi connectivity index (χ0v) is 10.8. The summed E-state index contributed by atoms with van der Waals surface area (Å²) in [5.41, 5.74) is 1.97. The van der Waals surface area contributed by atoms with Gasteiger partial charge in [-0.25, -0.2) is 4.68 Å². The number of amides is 1. The molecule has 1 aromatic heterocycles. The van der Waals surface area contributed by atoms with Gasteiger partial charge in [0.25, 0.3) is 0 Å². The van der Waals surface area contributed by atoms with Gasteiger partial charge in [-0.05, 0) is 23.8 Å². The highest BCUT2D eigenvalue weighted by atomic mass is 32.1. The minimum atomic E-state index is 0.0240. The van der Waals surface area contributed by atoms with E-state index in [1.807, 2.05) is 36.5 Å². The fourth-order valence-corrected chi connectivity index (χ4v) is 1.74. The maximum atomic E-state index is 11.5. The number of aromatic nitrogens is 2. The molecular formula is C13H15N3OS. The summed E-state index contributed by atoms with van der Waals surface area (Å²) >= 11 is 4.04. The molecule has 1 aromatic carbocycles. The lowest BCUT2D eigenvalue weighted by Gasteiger charge is -2.05. The van der Waals surface area contributed by atoms with Crippen molar-refractivity contribution >= 4 is 18.5 Å². The van der Waals surface area contributed by atoms with Gasteiger partial charge >= 0.3 is 0 Å². The molecule has 1 N–H and O–H groups in total. The SMILES string of the molecule is O=C(Cc1ccc(-n2cccn2)cc1)NCCS. The molecule has 1 heterocycles. The summed E-state index contributed by atoms with van der Waals surface area (Å²) in [6.07, 6.45) is 4.01. The fraction of sp³-hybridized carbons (Fsp3) is 0.231. The van der Waals surface area contributed by atoms with Crippen molar-refractivity contribution in [1.29, 1.82) is 0 Å². The Labute approximate surface area is 111 Å². The predicted octanol–water partition coefficient (Wildman–Crippen LogP) is 1.46. The topological polar surface area (TPSA) is 46.9 Å². The summed E-state index contributed by atoms with van der Waals surface area (Å²) in [5, 5.41) is 6.94. The lowest BCUT2D eigenvalue weighted by Crippen LogP contribution is -2.26. The molecule has 0 aliphatic heterocycles. The molecule has 4 nitrogen and oxygen atoms in total. The Morgan fingerprint density at radius 1 is 1.33 bits per heavy atom. The molecule has 0 radical (unpaired) electrons. The third kappa shape index (κ3) is 3.37. The molecule has 0 spiro atoms. The first-order chi connectivity index (χ1) is 8.79. The number of thiol groups is 1. The van der Waals surface area contributed by atoms with Crippen LogP contribution in [0, 0.1) is 0 Å². The Balaban J connectivity index is 1.98. The number of carbonyl (C=O) groups is 1. The Morgan fingerprint density at radius 3 is 2.72 bits per heavy atom. The standard InChI is InChI=1S/C13H15N3OS/c17-13(14-7-9-18)10-11-2-4-12(5-3-11)16-8-1-6-15-16/h1-6,8,18H,7,9-10H2,(H,14,17). The van der Waals surface area contributed by atoms with E-state index in [1.54, 1.807) is 10.9 Å². The smallest absolute Gasteiger partial charge is 0.224 e. The van der Waals surface area contributed by atoms with E-state index in [0.717, 1.165) is 11.3 Å². The molecular weight excluding hydrogens is 246 g/mol. The van der Waals surface area contributed by atoms with E-state index in [-0.39, 0.29) is 5.91 Å². The number of nitrogens with one attached hydrogen (secondary N) is 1. The van der Waals surface area contributed by atoms with Crippen LogP contribution in [0.4, 0.5) is 0 Å². The molecule has 0 aliphatic rings. The monoisotopic (exact) mass is 261 g/mol. The summed E-state index contributed by atoms with van der Waals surface area (Å²) < 4.78 is 1.78. The van der Waals surface area contributed by atoms with Crippen molar-refractivity contribution in [3.63, 3.8) is 0 Å². The lowest BCUT2D eigenvalue weighted by atomic mass is 10.1. The van der Waals surface area contributed by atoms with Crippen molar-refractivity contribution in [1.82, 2.24) is 15.1 Å². The molecule has 0 saturated carbocycles. The highest BCUT2D eigenvalue weighted by Crippen LogP contribution is 2.09. The highest BCUT2D eigenvalue weighted by Gasteiger charge is 2.03. The average Bonchev–Trinajstić information content (AvgIpc) is 2.91. The van der Waals surface area contributed by atoms with Gasteiger partial charge in [-0.3, -0.25) is 4.79 Å². The second kappa shape index (κ2) is 6.26. The van der Waals surface area contributed by atoms with Gasteiger partial charge in [0.05, 0.1) is 12.1 Å². The van der Waals surface area contributed by atoms with Crippen LogP contribution in [0.3, 0.4) is 0 Å². The zero-order valence-electron chi connectivity index (χ0n) is 9.91. The number of nitrogens with zero attached hydrogens (tertiary/aromatic N) is 2. The van der Waals surface area contributed by atoms with E-state index in [1.165, 1.54) is 0 Å². The van der Waals surface area contributed by atoms with Gasteiger partial charge in [-0.15, -0.1) is 0 Å². The molecule has 0 aliphatic carbocycles. The normalized spacial score (nSPS) is 10.3. The van der Waals surface area contributed by atoms with E-state index in [4.69, 9.17) is 0 Å². The lowest BCUT2D eigenvalue weighted by molar-refractivity contribution is -0.120. The summed E-state index contributed by atoms with van der Waals surface area (Å²) in [5.74, 6) is 0.681. The number of rotatable bonds is 5. The van der Waals surface area contributed by atoms with Crippen LogP contribution in [-0.2, 0) is 11.2 Å². The summed E-state index contributed by atoms with van der Waals surface area (Å²) in [7, 11) is 0. The van der Waals surface area contributed by atoms with Crippen molar-refractivity contribution in [3.05, 3.63) is 48.3 Å². The maximum absolute atomic E-state index is 11.5. The predicted molar refractivity (Wildman–Crippen MR) is 74.1 cm³/mol. The van der Waals surface area contributed by atoms with Gasteiger partial charge in [-0.1, -0.05) is 12.1 Å². The van der Waals surface area contributed by atoms with E-state index < -0.39 is 0 Å². The number of carbonyl (C=O) groups excluding carboxylic acids is 1. The second-order valence-electron chi connectivity index (χ2n) is 3.87. The molecule has 18 heavy (non-hydrogen) atoms. The maximum Gasteiger partial charge on any atom is 0.224 e. The zero-order chi connectivity index (χ0) is 12.8. The molecule has 5 heteroatoms. The van der Waals surface area contributed by atoms with Crippen molar-refractivity contribution in [3.8, 4) is 5.69 Å². The fourth-order valence-electron chi connectivity index (χ4n) is 1.63. The molecule has 0 atom stereocenters. The van der Waals surface area contributed by atoms with Crippen LogP contribution in [-0.4, -0.2) is 28.0 Å². The Morgan fingerprint density at radius 2 is 2.11 bits per heavy atom. The molecule has 2 aromatic rings. The Kier molecular flexibility index (Phi) is 4.41. The summed E-state index contributed by atoms with van der Waals surface area (Å²) in [6.45, 7) is 0.604. The van der Waals surface area contributed by atoms with Crippen LogP contribution in [0.25, 0.3) is 5.69 Å². The first-order valence-electron chi connectivity index (χ1n) is 5.76. The molecule has 0 fully saturated rings. The number of hydrogen-bond donors (Lipinski definition) is 2. The molecule has 1 amide bonds. The molecule has 0 unspecified atom stereocenters. The summed E-state index contributed by atoms with van der Waals surface area (Å²) in [4.78, 5) is 11.5. The molecule has 0 bridgehead atoms. The first-order valence-corrected chi connectivity index (χ1v) is 6.39. The van der Waals surface area contributed by atoms with Crippen LogP contribution in [0.15, 0.2) is 42.7 Å². The van der Waals surface area contributed by atoms with E-state index >= 15 is 0 Å². The highest BCUT2D eigenvalue weighted by molar-refractivity contribution is 7.80. The van der Waals surface area contributed by atoms with Crippen LogP contribution < -0.4 is 5.32 Å². The van der Waals surface area contributed by atoms with Crippen LogP contribution >= 0.6 is 12.6 Å². The van der Waals surface area contributed by atoms with Gasteiger partial charge in [0.2, 0.25) is 5.91 Å². The minimum Gasteiger partial charge on any atom is -0.355 e. The van der Waals surface area contributed by atoms with Crippen LogP contribution in [0.5, 0.6) is 0 Å². The molecule has 2 rings (SSSR count). The molecule has 94 valence electrons. The number of benzene rings is 1. The van der Waals surface area contributed by atoms with Crippen molar-refractivity contribution < 1.29 is 4.79 Å². The average molecular weight is 261 g/mol. The Hall–Kier alpha value is -1.75. The summed E-state index contributed by atoms with van der Waals surface area (Å²) in [6, 6.07) is 9.66. The number of hydrogen-bond acceptors (Lipinski definition) is 3. The third-order valence-corrected chi connectivity index (χ3v) is 2.73. The van der Waals surface area contributed by atoms with Gasteiger partial charge in [-0.2, -0.15) is 17.7 Å². The van der Waals surface area contributed by atoms with E-state index in [0.29, 0.717) is 18.7 Å². The minimum absolute atomic E-state index is 0.0240. The largest absolute Gasteiger partial charge is 0.355 e. The quantitative estimate of drug-likeness (QED) is 0.801. The second-order valence-corrected chi connectivity index (χ2v) is 4.31. The van der Waals surface area contributed by atoms with Crippen LogP contribution in [0.1, 0.15) is 5.56 Å². The van der Waals surface area contributed by atoms with Gasteiger partial charge in [0.15, 0.2) is 0 Å². The Bertz CT molecular complexity index is 493. The van der Waals surface area contributed by atoms with Gasteiger partial charge in [0.1, 0.15) is 0 Å². The molecule has 0 saturated heterocycles. The van der Waals surface area contributed by atoms with E-state index in [2.05, 4.69) is 23.0 Å². The van der Waals surface area contributed by atoms with Gasteiger partial charge < -0.3 is 5.32 Å². The van der Waals surface area contributed by atoms with E-state index in [9.17, 15) is 4.79 Å². The third-order valence-electron chi connectivity index (χ3n) is 2.50. The van der Waals surface area contributed by atoms with Crippen molar-refractivity contribution in [2.24, 2.45) is 0 Å². The van der Waals surface area contributed by atoms with Gasteiger partial charge in [0, 0.05) is 24.7 Å². The van der Waals surface area contributed by atoms with Crippen LogP contribution in [0.2, 0.25) is 0 Å². The van der Waals surface area contributed by atoms with Crippen molar-refractivity contribution in [2.45, 2.75) is 6.42 Å². The van der Waals surface area contributed by atoms with Crippen molar-refractivity contribution in [2.75, 3.05) is 12.3 Å². The first kappa shape index (κ1) is 12.7.